The van der Waals surface area contributed by atoms with Gasteiger partial charge in [0.15, 0.2) is 5.78 Å². The first-order chi connectivity index (χ1) is 6.09. The Morgan fingerprint density at radius 1 is 1.31 bits per heavy atom. The van der Waals surface area contributed by atoms with Gasteiger partial charge in [-0.2, -0.15) is 0 Å². The average Bonchev–Trinajstić information content (AvgIpc) is 2.27. The zero-order chi connectivity index (χ0) is 9.59. The van der Waals surface area contributed by atoms with Crippen LogP contribution in [0.4, 0.5) is 0 Å². The third kappa shape index (κ3) is 1.19. The Labute approximate surface area is 78.8 Å². The van der Waals surface area contributed by atoms with Crippen LogP contribution in [0.25, 0.3) is 0 Å². The molecule has 0 heterocycles. The van der Waals surface area contributed by atoms with Gasteiger partial charge < -0.3 is 0 Å². The predicted molar refractivity (Wildman–Crippen MR) is 53.1 cm³/mol. The van der Waals surface area contributed by atoms with Gasteiger partial charge in [-0.1, -0.05) is 24.6 Å². The summed E-state index contributed by atoms with van der Waals surface area (Å²) in [5.41, 5.74) is 4.63. The maximum Gasteiger partial charge on any atom is 0.166 e. The molecule has 0 aromatic heterocycles. The monoisotopic (exact) mass is 174 g/mol. The number of rotatable bonds is 0. The topological polar surface area (TPSA) is 17.1 Å². The summed E-state index contributed by atoms with van der Waals surface area (Å²) in [5, 5.41) is 0. The van der Waals surface area contributed by atoms with Crippen LogP contribution in [-0.2, 0) is 6.42 Å². The lowest BCUT2D eigenvalue weighted by molar-refractivity contribution is 0.0946. The Hall–Kier alpha value is -1.11. The summed E-state index contributed by atoms with van der Waals surface area (Å²) in [5.74, 6) is 0.517. The summed E-state index contributed by atoms with van der Waals surface area (Å²) in [6, 6.07) is 4.23. The van der Waals surface area contributed by atoms with E-state index in [9.17, 15) is 4.79 Å². The predicted octanol–water partition coefficient (Wildman–Crippen LogP) is 2.68. The molecule has 0 fully saturated rings. The third-order valence-corrected chi connectivity index (χ3v) is 2.78. The summed E-state index contributed by atoms with van der Waals surface area (Å²) in [6.07, 6.45) is 0.927. The fourth-order valence-electron chi connectivity index (χ4n) is 2.24. The van der Waals surface area contributed by atoms with Crippen LogP contribution in [0.3, 0.4) is 0 Å². The van der Waals surface area contributed by atoms with E-state index in [1.807, 2.05) is 13.8 Å². The van der Waals surface area contributed by atoms with E-state index in [1.165, 1.54) is 11.1 Å². The van der Waals surface area contributed by atoms with E-state index in [1.54, 1.807) is 0 Å². The van der Waals surface area contributed by atoms with Crippen molar-refractivity contribution in [1.82, 2.24) is 0 Å². The molecule has 1 atom stereocenters. The fourth-order valence-corrected chi connectivity index (χ4v) is 2.24. The number of hydrogen-bond donors (Lipinski definition) is 0. The average molecular weight is 174 g/mol. The zero-order valence-corrected chi connectivity index (χ0v) is 8.35. The summed E-state index contributed by atoms with van der Waals surface area (Å²) >= 11 is 0. The Bertz CT molecular complexity index is 377. The van der Waals surface area contributed by atoms with E-state index >= 15 is 0 Å². The second-order valence-corrected chi connectivity index (χ2v) is 4.09. The van der Waals surface area contributed by atoms with E-state index in [-0.39, 0.29) is 5.92 Å². The zero-order valence-electron chi connectivity index (χ0n) is 8.35. The molecular formula is C12H14O. The number of aryl methyl sites for hydroxylation is 2. The van der Waals surface area contributed by atoms with Crippen molar-refractivity contribution in [2.45, 2.75) is 27.2 Å². The van der Waals surface area contributed by atoms with Gasteiger partial charge in [0.25, 0.3) is 0 Å². The molecule has 0 amide bonds. The smallest absolute Gasteiger partial charge is 0.166 e. The molecule has 13 heavy (non-hydrogen) atoms. The molecule has 1 aliphatic rings. The lowest BCUT2D eigenvalue weighted by atomic mass is 10.0. The molecule has 1 aliphatic carbocycles. The molecule has 0 N–H and O–H groups in total. The molecule has 1 heteroatoms. The molecule has 1 aromatic carbocycles. The van der Waals surface area contributed by atoms with Crippen LogP contribution >= 0.6 is 0 Å². The van der Waals surface area contributed by atoms with Gasteiger partial charge in [0.05, 0.1) is 0 Å². The van der Waals surface area contributed by atoms with Gasteiger partial charge in [-0.3, -0.25) is 4.79 Å². The minimum absolute atomic E-state index is 0.190. The number of fused-ring (bicyclic) bond motifs is 1. The van der Waals surface area contributed by atoms with Gasteiger partial charge in [0, 0.05) is 11.5 Å². The van der Waals surface area contributed by atoms with Gasteiger partial charge in [0.1, 0.15) is 0 Å². The van der Waals surface area contributed by atoms with Crippen LogP contribution < -0.4 is 0 Å². The second kappa shape index (κ2) is 2.69. The Morgan fingerprint density at radius 3 is 2.69 bits per heavy atom. The first-order valence-electron chi connectivity index (χ1n) is 4.74. The maximum atomic E-state index is 11.7. The van der Waals surface area contributed by atoms with E-state index in [0.29, 0.717) is 5.78 Å². The highest BCUT2D eigenvalue weighted by Gasteiger charge is 2.28. The van der Waals surface area contributed by atoms with Crippen molar-refractivity contribution < 1.29 is 4.79 Å². The van der Waals surface area contributed by atoms with E-state index in [2.05, 4.69) is 19.1 Å². The number of carbonyl (C=O) groups is 1. The maximum absolute atomic E-state index is 11.7. The van der Waals surface area contributed by atoms with Crippen LogP contribution in [0.1, 0.15) is 34.0 Å². The van der Waals surface area contributed by atoms with E-state index in [0.717, 1.165) is 17.5 Å². The second-order valence-electron chi connectivity index (χ2n) is 4.09. The van der Waals surface area contributed by atoms with Crippen LogP contribution in [0.2, 0.25) is 0 Å². The molecule has 0 saturated heterocycles. The van der Waals surface area contributed by atoms with Crippen molar-refractivity contribution >= 4 is 5.78 Å². The van der Waals surface area contributed by atoms with Crippen molar-refractivity contribution in [1.29, 1.82) is 0 Å². The summed E-state index contributed by atoms with van der Waals surface area (Å²) in [6.45, 7) is 6.12. The molecule has 0 spiro atoms. The van der Waals surface area contributed by atoms with Crippen molar-refractivity contribution in [3.05, 3.63) is 34.4 Å². The SMILES string of the molecule is Cc1cc(C)c2c(c1)C[C@H](C)C2=O. The molecule has 1 nitrogen and oxygen atoms in total. The van der Waals surface area contributed by atoms with Crippen molar-refractivity contribution in [2.75, 3.05) is 0 Å². The highest BCUT2D eigenvalue weighted by molar-refractivity contribution is 6.03. The molecule has 2 rings (SSSR count). The van der Waals surface area contributed by atoms with Crippen LogP contribution in [0.15, 0.2) is 12.1 Å². The third-order valence-electron chi connectivity index (χ3n) is 2.78. The molecule has 0 radical (unpaired) electrons. The Kier molecular flexibility index (Phi) is 1.76. The normalized spacial score (nSPS) is 20.5. The van der Waals surface area contributed by atoms with E-state index in [4.69, 9.17) is 0 Å². The van der Waals surface area contributed by atoms with Crippen LogP contribution in [-0.4, -0.2) is 5.78 Å². The molecule has 0 saturated carbocycles. The first kappa shape index (κ1) is 8.49. The van der Waals surface area contributed by atoms with Crippen LogP contribution in [0, 0.1) is 19.8 Å². The molecule has 1 aromatic rings. The highest BCUT2D eigenvalue weighted by Crippen LogP contribution is 2.29. The molecule has 0 aliphatic heterocycles. The number of Topliss-reactive ketones (excluding diaryl/α,β-unsaturated/α-hetero) is 1. The Morgan fingerprint density at radius 2 is 2.00 bits per heavy atom. The summed E-state index contributed by atoms with van der Waals surface area (Å²) < 4.78 is 0. The Balaban J connectivity index is 2.64. The number of benzene rings is 1. The number of ketones is 1. The van der Waals surface area contributed by atoms with Crippen molar-refractivity contribution in [2.24, 2.45) is 5.92 Å². The molecule has 68 valence electrons. The van der Waals surface area contributed by atoms with E-state index < -0.39 is 0 Å². The standard InChI is InChI=1S/C12H14O/c1-7-4-8(2)11-10(5-7)6-9(3)12(11)13/h4-5,9H,6H2,1-3H3/t9-/m0/s1. The minimum atomic E-state index is 0.190. The van der Waals surface area contributed by atoms with Gasteiger partial charge >= 0.3 is 0 Å². The lowest BCUT2D eigenvalue weighted by Gasteiger charge is -2.03. The number of hydrogen-bond acceptors (Lipinski definition) is 1. The van der Waals surface area contributed by atoms with Gasteiger partial charge in [0.2, 0.25) is 0 Å². The molecule has 0 unspecified atom stereocenters. The summed E-state index contributed by atoms with van der Waals surface area (Å²) in [7, 11) is 0. The molecule has 0 bridgehead atoms. The minimum Gasteiger partial charge on any atom is -0.294 e. The van der Waals surface area contributed by atoms with Crippen molar-refractivity contribution in [3.8, 4) is 0 Å². The highest BCUT2D eigenvalue weighted by atomic mass is 16.1. The molecular weight excluding hydrogens is 160 g/mol. The number of carbonyl (C=O) groups excluding carboxylic acids is 1. The van der Waals surface area contributed by atoms with Gasteiger partial charge in [-0.15, -0.1) is 0 Å². The van der Waals surface area contributed by atoms with Crippen molar-refractivity contribution in [3.63, 3.8) is 0 Å². The van der Waals surface area contributed by atoms with Crippen LogP contribution in [0.5, 0.6) is 0 Å². The first-order valence-corrected chi connectivity index (χ1v) is 4.74. The quantitative estimate of drug-likeness (QED) is 0.591. The fraction of sp³-hybridized carbons (Fsp3) is 0.417. The van der Waals surface area contributed by atoms with Gasteiger partial charge in [-0.25, -0.2) is 0 Å². The van der Waals surface area contributed by atoms with Gasteiger partial charge in [-0.05, 0) is 31.4 Å². The summed E-state index contributed by atoms with van der Waals surface area (Å²) in [4.78, 5) is 11.7. The lowest BCUT2D eigenvalue weighted by Crippen LogP contribution is -2.04. The largest absolute Gasteiger partial charge is 0.294 e.